The molecule has 2 aromatic heterocycles. The molecule has 2 rings (SSSR count). The summed E-state index contributed by atoms with van der Waals surface area (Å²) in [4.78, 5) is 15.2. The number of hydrogen-bond acceptors (Lipinski definition) is 6. The maximum Gasteiger partial charge on any atom is 0.362 e. The molecule has 0 fully saturated rings. The Kier molecular flexibility index (Phi) is 2.24. The highest BCUT2D eigenvalue weighted by Gasteiger charge is 2.20. The Morgan fingerprint density at radius 3 is 2.93 bits per heavy atom. The van der Waals surface area contributed by atoms with Crippen LogP contribution in [0.25, 0.3) is 11.1 Å². The lowest BCUT2D eigenvalue weighted by Crippen LogP contribution is -2.02. The van der Waals surface area contributed by atoms with Crippen LogP contribution in [0.4, 0.5) is 0 Å². The van der Waals surface area contributed by atoms with Gasteiger partial charge in [0.05, 0.1) is 14.2 Å². The Morgan fingerprint density at radius 1 is 1.47 bits per heavy atom. The third-order valence-corrected chi connectivity index (χ3v) is 1.92. The lowest BCUT2D eigenvalue weighted by atomic mass is 10.3. The Bertz CT molecular complexity index is 506. The molecule has 15 heavy (non-hydrogen) atoms. The number of ether oxygens (including phenoxy) is 2. The van der Waals surface area contributed by atoms with Crippen LogP contribution in [0.15, 0.2) is 16.8 Å². The number of aromatic nitrogens is 2. The van der Waals surface area contributed by atoms with Crippen LogP contribution in [-0.2, 0) is 4.74 Å². The standard InChI is InChI=1S/C9H8N2O4/c1-13-5-3-4-10-6-7(9(12)14-2)11-15-8(5)6/h3-4H,1-2H3. The largest absolute Gasteiger partial charge is 0.493 e. The SMILES string of the molecule is COC(=O)c1noc2c(OC)ccnc12. The van der Waals surface area contributed by atoms with E-state index in [4.69, 9.17) is 9.26 Å². The molecule has 0 atom stereocenters. The van der Waals surface area contributed by atoms with Gasteiger partial charge in [0.2, 0.25) is 11.3 Å². The second kappa shape index (κ2) is 3.56. The Morgan fingerprint density at radius 2 is 2.27 bits per heavy atom. The van der Waals surface area contributed by atoms with Crippen molar-refractivity contribution in [2.75, 3.05) is 14.2 Å². The highest BCUT2D eigenvalue weighted by atomic mass is 16.5. The third-order valence-electron chi connectivity index (χ3n) is 1.92. The molecule has 2 heterocycles. The van der Waals surface area contributed by atoms with Crippen molar-refractivity contribution in [3.05, 3.63) is 18.0 Å². The van der Waals surface area contributed by atoms with Gasteiger partial charge in [-0.25, -0.2) is 9.78 Å². The number of rotatable bonds is 2. The minimum atomic E-state index is -0.588. The van der Waals surface area contributed by atoms with Crippen LogP contribution in [0.3, 0.4) is 0 Å². The summed E-state index contributed by atoms with van der Waals surface area (Å²) in [6.45, 7) is 0. The quantitative estimate of drug-likeness (QED) is 0.686. The molecule has 0 aromatic carbocycles. The van der Waals surface area contributed by atoms with Crippen LogP contribution in [-0.4, -0.2) is 30.3 Å². The monoisotopic (exact) mass is 208 g/mol. The molecule has 0 saturated carbocycles. The third kappa shape index (κ3) is 1.39. The van der Waals surface area contributed by atoms with E-state index in [0.717, 1.165) is 0 Å². The average molecular weight is 208 g/mol. The van der Waals surface area contributed by atoms with Crippen molar-refractivity contribution >= 4 is 17.1 Å². The molecular weight excluding hydrogens is 200 g/mol. The Labute approximate surface area is 84.8 Å². The summed E-state index contributed by atoms with van der Waals surface area (Å²) in [6.07, 6.45) is 1.50. The van der Waals surface area contributed by atoms with Crippen molar-refractivity contribution < 1.29 is 18.8 Å². The molecule has 0 radical (unpaired) electrons. The molecule has 0 aliphatic carbocycles. The molecule has 0 amide bonds. The number of pyridine rings is 1. The summed E-state index contributed by atoms with van der Waals surface area (Å²) in [5.74, 6) is -0.114. The fourth-order valence-corrected chi connectivity index (χ4v) is 1.21. The van der Waals surface area contributed by atoms with Gasteiger partial charge in [0.25, 0.3) is 0 Å². The van der Waals surface area contributed by atoms with E-state index in [1.54, 1.807) is 6.07 Å². The van der Waals surface area contributed by atoms with Gasteiger partial charge >= 0.3 is 5.97 Å². The van der Waals surface area contributed by atoms with Crippen LogP contribution in [0, 0.1) is 0 Å². The molecular formula is C9H8N2O4. The molecule has 0 unspecified atom stereocenters. The van der Waals surface area contributed by atoms with E-state index in [0.29, 0.717) is 16.8 Å². The summed E-state index contributed by atoms with van der Waals surface area (Å²) >= 11 is 0. The number of esters is 1. The van der Waals surface area contributed by atoms with Gasteiger partial charge < -0.3 is 14.0 Å². The zero-order chi connectivity index (χ0) is 10.8. The van der Waals surface area contributed by atoms with E-state index in [1.165, 1.54) is 20.4 Å². The zero-order valence-corrected chi connectivity index (χ0v) is 8.18. The summed E-state index contributed by atoms with van der Waals surface area (Å²) in [7, 11) is 2.76. The Balaban J connectivity index is 2.66. The molecule has 0 bridgehead atoms. The van der Waals surface area contributed by atoms with E-state index >= 15 is 0 Å². The lowest BCUT2D eigenvalue weighted by molar-refractivity contribution is 0.0591. The van der Waals surface area contributed by atoms with Gasteiger partial charge in [-0.1, -0.05) is 5.16 Å². The van der Waals surface area contributed by atoms with Crippen molar-refractivity contribution in [3.8, 4) is 5.75 Å². The van der Waals surface area contributed by atoms with Crippen molar-refractivity contribution in [1.29, 1.82) is 0 Å². The second-order valence-electron chi connectivity index (χ2n) is 2.71. The molecule has 0 spiro atoms. The van der Waals surface area contributed by atoms with Gasteiger partial charge in [-0.15, -0.1) is 0 Å². The molecule has 78 valence electrons. The first-order chi connectivity index (χ1) is 7.27. The van der Waals surface area contributed by atoms with Gasteiger partial charge in [0.15, 0.2) is 5.75 Å². The lowest BCUT2D eigenvalue weighted by Gasteiger charge is -1.97. The molecule has 0 saturated heterocycles. The van der Waals surface area contributed by atoms with Crippen LogP contribution < -0.4 is 4.74 Å². The van der Waals surface area contributed by atoms with E-state index in [9.17, 15) is 4.79 Å². The van der Waals surface area contributed by atoms with Crippen molar-refractivity contribution in [1.82, 2.24) is 10.1 Å². The van der Waals surface area contributed by atoms with E-state index in [-0.39, 0.29) is 5.69 Å². The molecule has 2 aromatic rings. The number of carbonyl (C=O) groups excluding carboxylic acids is 1. The fraction of sp³-hybridized carbons (Fsp3) is 0.222. The topological polar surface area (TPSA) is 74.5 Å². The van der Waals surface area contributed by atoms with Gasteiger partial charge in [-0.2, -0.15) is 0 Å². The van der Waals surface area contributed by atoms with Gasteiger partial charge in [0.1, 0.15) is 5.52 Å². The van der Waals surface area contributed by atoms with Gasteiger partial charge in [-0.05, 0) is 0 Å². The molecule has 6 heteroatoms. The van der Waals surface area contributed by atoms with Crippen molar-refractivity contribution in [2.24, 2.45) is 0 Å². The number of nitrogens with zero attached hydrogens (tertiary/aromatic N) is 2. The highest BCUT2D eigenvalue weighted by Crippen LogP contribution is 2.25. The minimum Gasteiger partial charge on any atom is -0.493 e. The maximum absolute atomic E-state index is 11.3. The van der Waals surface area contributed by atoms with E-state index in [2.05, 4.69) is 14.9 Å². The molecule has 0 aliphatic rings. The van der Waals surface area contributed by atoms with Crippen LogP contribution in [0.5, 0.6) is 5.75 Å². The zero-order valence-electron chi connectivity index (χ0n) is 8.18. The minimum absolute atomic E-state index is 0.0476. The number of hydrogen-bond donors (Lipinski definition) is 0. The van der Waals surface area contributed by atoms with Crippen molar-refractivity contribution in [2.45, 2.75) is 0 Å². The van der Waals surface area contributed by atoms with Gasteiger partial charge in [0, 0.05) is 12.3 Å². The van der Waals surface area contributed by atoms with Crippen LogP contribution in [0.2, 0.25) is 0 Å². The number of methoxy groups -OCH3 is 2. The first kappa shape index (κ1) is 9.45. The van der Waals surface area contributed by atoms with Gasteiger partial charge in [-0.3, -0.25) is 0 Å². The normalized spacial score (nSPS) is 10.3. The highest BCUT2D eigenvalue weighted by molar-refractivity contribution is 6.00. The Hall–Kier alpha value is -2.11. The maximum atomic E-state index is 11.3. The number of fused-ring (bicyclic) bond motifs is 1. The molecule has 0 aliphatic heterocycles. The predicted molar refractivity (Wildman–Crippen MR) is 49.7 cm³/mol. The smallest absolute Gasteiger partial charge is 0.362 e. The molecule has 0 N–H and O–H groups in total. The summed E-state index contributed by atoms with van der Waals surface area (Å²) in [5.41, 5.74) is 0.716. The second-order valence-corrected chi connectivity index (χ2v) is 2.71. The summed E-state index contributed by atoms with van der Waals surface area (Å²) < 4.78 is 14.5. The predicted octanol–water partition coefficient (Wildman–Crippen LogP) is 1.02. The summed E-state index contributed by atoms with van der Waals surface area (Å²) in [5, 5.41) is 3.58. The van der Waals surface area contributed by atoms with Crippen LogP contribution >= 0.6 is 0 Å². The van der Waals surface area contributed by atoms with Crippen molar-refractivity contribution in [3.63, 3.8) is 0 Å². The van der Waals surface area contributed by atoms with Crippen LogP contribution in [0.1, 0.15) is 10.5 Å². The first-order valence-corrected chi connectivity index (χ1v) is 4.14. The molecule has 6 nitrogen and oxygen atoms in total. The average Bonchev–Trinajstić information content (AvgIpc) is 2.71. The summed E-state index contributed by atoms with van der Waals surface area (Å²) in [6, 6.07) is 1.62. The first-order valence-electron chi connectivity index (χ1n) is 4.14. The van der Waals surface area contributed by atoms with E-state index < -0.39 is 5.97 Å². The van der Waals surface area contributed by atoms with E-state index in [1.807, 2.05) is 0 Å². The fourth-order valence-electron chi connectivity index (χ4n) is 1.21. The number of carbonyl (C=O) groups is 1.